The first kappa shape index (κ1) is 19.1. The molecule has 0 amide bonds. The van der Waals surface area contributed by atoms with E-state index in [2.05, 4.69) is 20.4 Å². The van der Waals surface area contributed by atoms with E-state index in [0.29, 0.717) is 24.1 Å². The van der Waals surface area contributed by atoms with Gasteiger partial charge in [0.15, 0.2) is 5.96 Å². The molecule has 0 bridgehead atoms. The quantitative estimate of drug-likeness (QED) is 0.431. The number of hydrogen-bond acceptors (Lipinski definition) is 4. The van der Waals surface area contributed by atoms with Gasteiger partial charge in [0.25, 0.3) is 0 Å². The maximum atomic E-state index is 11.1. The molecule has 1 aromatic carbocycles. The predicted octanol–water partition coefficient (Wildman–Crippen LogP) is 2.23. The second kappa shape index (κ2) is 10.7. The molecule has 1 atom stereocenters. The van der Waals surface area contributed by atoms with Crippen LogP contribution in [0.25, 0.3) is 0 Å². The van der Waals surface area contributed by atoms with Crippen LogP contribution in [0.15, 0.2) is 29.3 Å². The summed E-state index contributed by atoms with van der Waals surface area (Å²) in [5, 5.41) is 6.87. The topological polar surface area (TPSA) is 72.0 Å². The molecule has 128 valence electrons. The third-order valence-electron chi connectivity index (χ3n) is 2.85. The van der Waals surface area contributed by atoms with Gasteiger partial charge in [0.2, 0.25) is 0 Å². The van der Waals surface area contributed by atoms with Gasteiger partial charge >= 0.3 is 5.97 Å². The molecule has 1 aromatic rings. The van der Waals surface area contributed by atoms with E-state index >= 15 is 0 Å². The van der Waals surface area contributed by atoms with E-state index in [1.807, 2.05) is 26.0 Å². The lowest BCUT2D eigenvalue weighted by atomic mass is 10.3. The maximum absolute atomic E-state index is 11.1. The van der Waals surface area contributed by atoms with Gasteiger partial charge in [0, 0.05) is 18.1 Å². The Kier molecular flexibility index (Phi) is 8.90. The van der Waals surface area contributed by atoms with Crippen molar-refractivity contribution < 1.29 is 14.3 Å². The summed E-state index contributed by atoms with van der Waals surface area (Å²) >= 11 is 5.84. The highest BCUT2D eigenvalue weighted by molar-refractivity contribution is 6.30. The number of guanidine groups is 1. The van der Waals surface area contributed by atoms with Crippen molar-refractivity contribution in [2.75, 3.05) is 26.7 Å². The molecule has 7 heteroatoms. The lowest BCUT2D eigenvalue weighted by molar-refractivity contribution is -0.140. The molecule has 0 radical (unpaired) electrons. The van der Waals surface area contributed by atoms with Crippen LogP contribution in [0.2, 0.25) is 5.02 Å². The number of ether oxygens (including phenoxy) is 2. The monoisotopic (exact) mass is 341 g/mol. The third kappa shape index (κ3) is 8.30. The minimum absolute atomic E-state index is 0.0905. The summed E-state index contributed by atoms with van der Waals surface area (Å²) in [5.41, 5.74) is 0. The van der Waals surface area contributed by atoms with Crippen molar-refractivity contribution >= 4 is 23.5 Å². The molecule has 0 aromatic heterocycles. The minimum atomic E-state index is -0.257. The zero-order chi connectivity index (χ0) is 17.1. The fourth-order valence-electron chi connectivity index (χ4n) is 1.73. The summed E-state index contributed by atoms with van der Waals surface area (Å²) in [6.45, 7) is 5.60. The van der Waals surface area contributed by atoms with Gasteiger partial charge in [-0.2, -0.15) is 0 Å². The lowest BCUT2D eigenvalue weighted by Gasteiger charge is -2.15. The van der Waals surface area contributed by atoms with Gasteiger partial charge in [0.05, 0.1) is 20.1 Å². The van der Waals surface area contributed by atoms with E-state index in [1.54, 1.807) is 12.1 Å². The molecule has 1 rings (SSSR count). The van der Waals surface area contributed by atoms with Gasteiger partial charge in [-0.25, -0.2) is 4.99 Å². The van der Waals surface area contributed by atoms with E-state index in [1.165, 1.54) is 7.11 Å². The fourth-order valence-corrected chi connectivity index (χ4v) is 1.86. The summed E-state index contributed by atoms with van der Waals surface area (Å²) in [7, 11) is 1.37. The number of nitrogens with zero attached hydrogens (tertiary/aromatic N) is 1. The normalized spacial score (nSPS) is 12.4. The summed E-state index contributed by atoms with van der Waals surface area (Å²) in [5.74, 6) is 1.14. The molecule has 0 aliphatic carbocycles. The number of aliphatic imine (C=N–C) groups is 1. The van der Waals surface area contributed by atoms with Crippen molar-refractivity contribution in [2.24, 2.45) is 4.99 Å². The predicted molar refractivity (Wildman–Crippen MR) is 92.2 cm³/mol. The molecular weight excluding hydrogens is 318 g/mol. The van der Waals surface area contributed by atoms with Crippen molar-refractivity contribution in [3.63, 3.8) is 0 Å². The number of rotatable bonds is 8. The lowest BCUT2D eigenvalue weighted by Crippen LogP contribution is -2.39. The van der Waals surface area contributed by atoms with E-state index < -0.39 is 0 Å². The van der Waals surface area contributed by atoms with Crippen molar-refractivity contribution in [2.45, 2.75) is 26.4 Å². The van der Waals surface area contributed by atoms with E-state index in [9.17, 15) is 4.79 Å². The average molecular weight is 342 g/mol. The van der Waals surface area contributed by atoms with Crippen LogP contribution in [0, 0.1) is 0 Å². The van der Waals surface area contributed by atoms with Crippen molar-refractivity contribution in [1.82, 2.24) is 10.6 Å². The Bertz CT molecular complexity index is 506. The Morgan fingerprint density at radius 1 is 1.30 bits per heavy atom. The van der Waals surface area contributed by atoms with Crippen LogP contribution >= 0.6 is 11.6 Å². The van der Waals surface area contributed by atoms with Crippen LogP contribution in [0.5, 0.6) is 5.75 Å². The number of halogens is 1. The molecule has 0 saturated heterocycles. The Hall–Kier alpha value is -1.95. The van der Waals surface area contributed by atoms with Gasteiger partial charge < -0.3 is 20.1 Å². The van der Waals surface area contributed by atoms with Crippen LogP contribution < -0.4 is 15.4 Å². The van der Waals surface area contributed by atoms with E-state index in [-0.39, 0.29) is 18.5 Å². The largest absolute Gasteiger partial charge is 0.489 e. The molecule has 1 unspecified atom stereocenters. The second-order valence-corrected chi connectivity index (χ2v) is 5.29. The Labute approximate surface area is 142 Å². The van der Waals surface area contributed by atoms with Gasteiger partial charge in [-0.3, -0.25) is 4.79 Å². The number of nitrogens with one attached hydrogen (secondary N) is 2. The molecular formula is C16H24ClN3O3. The molecule has 23 heavy (non-hydrogen) atoms. The highest BCUT2D eigenvalue weighted by Crippen LogP contribution is 2.16. The summed E-state index contributed by atoms with van der Waals surface area (Å²) in [4.78, 5) is 15.5. The smallest absolute Gasteiger partial charge is 0.307 e. The molecule has 0 aliphatic heterocycles. The van der Waals surface area contributed by atoms with Crippen molar-refractivity contribution in [3.8, 4) is 5.75 Å². The Morgan fingerprint density at radius 3 is 2.61 bits per heavy atom. The standard InChI is InChI=1S/C16H24ClN3O3/c1-4-18-16(19-10-9-15(21)22-3)20-11-12(2)23-14-7-5-13(17)6-8-14/h5-8,12H,4,9-11H2,1-3H3,(H2,18,19,20). The second-order valence-electron chi connectivity index (χ2n) is 4.85. The number of carbonyl (C=O) groups excluding carboxylic acids is 1. The number of carbonyl (C=O) groups is 1. The third-order valence-corrected chi connectivity index (χ3v) is 3.10. The van der Waals surface area contributed by atoms with Crippen LogP contribution in [-0.4, -0.2) is 44.8 Å². The van der Waals surface area contributed by atoms with E-state index in [0.717, 1.165) is 12.3 Å². The fraction of sp³-hybridized carbons (Fsp3) is 0.500. The Morgan fingerprint density at radius 2 is 2.00 bits per heavy atom. The molecule has 0 fully saturated rings. The number of esters is 1. The molecule has 0 heterocycles. The van der Waals surface area contributed by atoms with Crippen LogP contribution in [0.4, 0.5) is 0 Å². The number of methoxy groups -OCH3 is 1. The zero-order valence-electron chi connectivity index (χ0n) is 13.8. The minimum Gasteiger partial charge on any atom is -0.489 e. The number of benzene rings is 1. The summed E-state index contributed by atoms with van der Waals surface area (Å²) in [6.07, 6.45) is 0.199. The first-order valence-corrected chi connectivity index (χ1v) is 7.94. The van der Waals surface area contributed by atoms with Gasteiger partial charge in [-0.1, -0.05) is 11.6 Å². The zero-order valence-corrected chi connectivity index (χ0v) is 14.5. The van der Waals surface area contributed by atoms with E-state index in [4.69, 9.17) is 16.3 Å². The first-order chi connectivity index (χ1) is 11.0. The van der Waals surface area contributed by atoms with Gasteiger partial charge in [-0.15, -0.1) is 0 Å². The first-order valence-electron chi connectivity index (χ1n) is 7.56. The van der Waals surface area contributed by atoms with Gasteiger partial charge in [-0.05, 0) is 38.1 Å². The molecule has 0 aliphatic rings. The number of hydrogen-bond donors (Lipinski definition) is 2. The van der Waals surface area contributed by atoms with Crippen LogP contribution in [-0.2, 0) is 9.53 Å². The molecule has 0 spiro atoms. The van der Waals surface area contributed by atoms with Gasteiger partial charge in [0.1, 0.15) is 11.9 Å². The van der Waals surface area contributed by atoms with Crippen LogP contribution in [0.1, 0.15) is 20.3 Å². The summed E-state index contributed by atoms with van der Waals surface area (Å²) < 4.78 is 10.4. The summed E-state index contributed by atoms with van der Waals surface area (Å²) in [6, 6.07) is 7.21. The highest BCUT2D eigenvalue weighted by atomic mass is 35.5. The highest BCUT2D eigenvalue weighted by Gasteiger charge is 2.05. The molecule has 0 saturated carbocycles. The molecule has 2 N–H and O–H groups in total. The SMILES string of the molecule is CCNC(=NCC(C)Oc1ccc(Cl)cc1)NCCC(=O)OC. The molecule has 6 nitrogen and oxygen atoms in total. The van der Waals surface area contributed by atoms with Crippen LogP contribution in [0.3, 0.4) is 0 Å². The maximum Gasteiger partial charge on any atom is 0.307 e. The Balaban J connectivity index is 2.44. The van der Waals surface area contributed by atoms with Crippen molar-refractivity contribution in [3.05, 3.63) is 29.3 Å². The van der Waals surface area contributed by atoms with Crippen molar-refractivity contribution in [1.29, 1.82) is 0 Å². The average Bonchev–Trinajstić information content (AvgIpc) is 2.54.